The molecule has 0 saturated heterocycles. The predicted molar refractivity (Wildman–Crippen MR) is 113 cm³/mol. The lowest BCUT2D eigenvalue weighted by atomic mass is 9.75. The molecule has 0 unspecified atom stereocenters. The summed E-state index contributed by atoms with van der Waals surface area (Å²) in [4.78, 5) is 0. The van der Waals surface area contributed by atoms with Gasteiger partial charge in [-0.1, -0.05) is 42.5 Å². The van der Waals surface area contributed by atoms with Crippen LogP contribution in [-0.2, 0) is 6.42 Å². The number of halogens is 3. The molecule has 0 aliphatic heterocycles. The molecule has 0 aromatic heterocycles. The molecule has 0 N–H and O–H groups in total. The molecule has 1 aliphatic rings. The second-order valence-corrected chi connectivity index (χ2v) is 8.07. The molecular formula is C26H25F3. The molecule has 0 amide bonds. The minimum Gasteiger partial charge on any atom is -0.207 e. The molecule has 29 heavy (non-hydrogen) atoms. The van der Waals surface area contributed by atoms with Gasteiger partial charge in [0.2, 0.25) is 0 Å². The molecule has 1 saturated carbocycles. The molecule has 1 fully saturated rings. The van der Waals surface area contributed by atoms with Crippen LogP contribution in [0, 0.1) is 17.5 Å². The van der Waals surface area contributed by atoms with E-state index in [4.69, 9.17) is 0 Å². The van der Waals surface area contributed by atoms with Crippen LogP contribution >= 0.6 is 0 Å². The fourth-order valence-corrected chi connectivity index (χ4v) is 4.60. The van der Waals surface area contributed by atoms with Crippen molar-refractivity contribution in [1.29, 1.82) is 0 Å². The van der Waals surface area contributed by atoms with Crippen LogP contribution in [0.1, 0.15) is 60.6 Å². The zero-order valence-electron chi connectivity index (χ0n) is 16.4. The van der Waals surface area contributed by atoms with E-state index in [2.05, 4.69) is 6.58 Å². The maximum Gasteiger partial charge on any atom is 0.166 e. The summed E-state index contributed by atoms with van der Waals surface area (Å²) in [6.45, 7) is 3.72. The maximum atomic E-state index is 14.6. The fraction of sp³-hybridized carbons (Fsp3) is 0.308. The zero-order chi connectivity index (χ0) is 20.4. The third-order valence-corrected chi connectivity index (χ3v) is 6.27. The van der Waals surface area contributed by atoms with E-state index in [1.165, 1.54) is 6.07 Å². The van der Waals surface area contributed by atoms with E-state index < -0.39 is 11.6 Å². The maximum absolute atomic E-state index is 14.6. The number of allylic oxidation sites excluding steroid dienone is 1. The van der Waals surface area contributed by atoms with Crippen molar-refractivity contribution in [3.05, 3.63) is 95.3 Å². The smallest absolute Gasteiger partial charge is 0.166 e. The molecule has 3 heteroatoms. The predicted octanol–water partition coefficient (Wildman–Crippen LogP) is 7.82. The van der Waals surface area contributed by atoms with Crippen molar-refractivity contribution in [2.45, 2.75) is 50.4 Å². The number of hydrogen-bond acceptors (Lipinski definition) is 0. The van der Waals surface area contributed by atoms with E-state index >= 15 is 0 Å². The van der Waals surface area contributed by atoms with Crippen LogP contribution in [0.15, 0.2) is 61.2 Å². The summed E-state index contributed by atoms with van der Waals surface area (Å²) in [5.41, 5.74) is 2.99. The van der Waals surface area contributed by atoms with Crippen molar-refractivity contribution in [3.63, 3.8) is 0 Å². The summed E-state index contributed by atoms with van der Waals surface area (Å²) in [5.74, 6) is -1.09. The van der Waals surface area contributed by atoms with Gasteiger partial charge in [0.25, 0.3) is 0 Å². The number of rotatable bonds is 5. The van der Waals surface area contributed by atoms with E-state index in [0.29, 0.717) is 11.3 Å². The Kier molecular flexibility index (Phi) is 5.75. The van der Waals surface area contributed by atoms with Gasteiger partial charge in [-0.25, -0.2) is 13.2 Å². The summed E-state index contributed by atoms with van der Waals surface area (Å²) >= 11 is 0. The van der Waals surface area contributed by atoms with Crippen molar-refractivity contribution >= 4 is 10.8 Å². The van der Waals surface area contributed by atoms with Gasteiger partial charge in [-0.3, -0.25) is 0 Å². The Balaban J connectivity index is 1.46. The van der Waals surface area contributed by atoms with Crippen LogP contribution in [0.4, 0.5) is 13.2 Å². The SMILES string of the molecule is C=CCCc1ccc(C2CCC(c3ccc4c(F)c(F)ccc4c3)CC2)c(F)c1. The summed E-state index contributed by atoms with van der Waals surface area (Å²) in [7, 11) is 0. The minimum atomic E-state index is -0.816. The van der Waals surface area contributed by atoms with Crippen LogP contribution < -0.4 is 0 Å². The summed E-state index contributed by atoms with van der Waals surface area (Å²) in [6, 6.07) is 14.0. The third-order valence-electron chi connectivity index (χ3n) is 6.27. The molecule has 0 bridgehead atoms. The lowest BCUT2D eigenvalue weighted by Crippen LogP contribution is -2.13. The first-order valence-electron chi connectivity index (χ1n) is 10.3. The Hall–Kier alpha value is -2.55. The first kappa shape index (κ1) is 19.8. The molecule has 150 valence electrons. The highest BCUT2D eigenvalue weighted by Gasteiger charge is 2.25. The van der Waals surface area contributed by atoms with Crippen molar-refractivity contribution in [3.8, 4) is 0 Å². The van der Waals surface area contributed by atoms with Crippen molar-refractivity contribution < 1.29 is 13.2 Å². The molecule has 3 aromatic carbocycles. The van der Waals surface area contributed by atoms with Gasteiger partial charge in [-0.2, -0.15) is 0 Å². The number of aryl methyl sites for hydroxylation is 1. The average molecular weight is 394 g/mol. The molecule has 0 atom stereocenters. The monoisotopic (exact) mass is 394 g/mol. The van der Waals surface area contributed by atoms with Crippen molar-refractivity contribution in [1.82, 2.24) is 0 Å². The second kappa shape index (κ2) is 8.44. The van der Waals surface area contributed by atoms with Crippen LogP contribution in [-0.4, -0.2) is 0 Å². The third kappa shape index (κ3) is 4.10. The van der Waals surface area contributed by atoms with E-state index in [9.17, 15) is 13.2 Å². The molecule has 0 nitrogen and oxygen atoms in total. The summed E-state index contributed by atoms with van der Waals surface area (Å²) in [6.07, 6.45) is 7.33. The Labute approximate surface area is 170 Å². The van der Waals surface area contributed by atoms with Gasteiger partial charge in [0.15, 0.2) is 11.6 Å². The standard InChI is InChI=1S/C26H25F3/c1-2-3-4-17-5-12-22(25(28)15-17)19-8-6-18(7-9-19)20-10-13-23-21(16-20)11-14-24(27)26(23)29/h2,5,10-16,18-19H,1,3-4,6-9H2. The van der Waals surface area contributed by atoms with Crippen molar-refractivity contribution in [2.75, 3.05) is 0 Å². The number of fused-ring (bicyclic) bond motifs is 1. The van der Waals surface area contributed by atoms with Gasteiger partial charge in [0.1, 0.15) is 5.82 Å². The largest absolute Gasteiger partial charge is 0.207 e. The first-order chi connectivity index (χ1) is 14.1. The van der Waals surface area contributed by atoms with E-state index in [-0.39, 0.29) is 11.7 Å². The second-order valence-electron chi connectivity index (χ2n) is 8.07. The van der Waals surface area contributed by atoms with Gasteiger partial charge < -0.3 is 0 Å². The minimum absolute atomic E-state index is 0.0989. The molecular weight excluding hydrogens is 369 g/mol. The molecule has 1 aliphatic carbocycles. The first-order valence-corrected chi connectivity index (χ1v) is 10.3. The van der Waals surface area contributed by atoms with E-state index in [0.717, 1.165) is 60.6 Å². The molecule has 0 radical (unpaired) electrons. The Morgan fingerprint density at radius 1 is 0.828 bits per heavy atom. The van der Waals surface area contributed by atoms with Crippen LogP contribution in [0.25, 0.3) is 10.8 Å². The van der Waals surface area contributed by atoms with Gasteiger partial charge in [-0.15, -0.1) is 6.58 Å². The quantitative estimate of drug-likeness (QED) is 0.387. The van der Waals surface area contributed by atoms with Crippen LogP contribution in [0.5, 0.6) is 0 Å². The summed E-state index contributed by atoms with van der Waals surface area (Å²) < 4.78 is 42.0. The molecule has 0 spiro atoms. The van der Waals surface area contributed by atoms with E-state index in [1.807, 2.05) is 30.3 Å². The Bertz CT molecular complexity index is 1030. The molecule has 3 aromatic rings. The normalized spacial score (nSPS) is 19.4. The highest BCUT2D eigenvalue weighted by Crippen LogP contribution is 2.42. The van der Waals surface area contributed by atoms with Gasteiger partial charge >= 0.3 is 0 Å². The zero-order valence-corrected chi connectivity index (χ0v) is 16.4. The van der Waals surface area contributed by atoms with Crippen molar-refractivity contribution in [2.24, 2.45) is 0 Å². The molecule has 4 rings (SSSR count). The highest BCUT2D eigenvalue weighted by atomic mass is 19.2. The van der Waals surface area contributed by atoms with Crippen LogP contribution in [0.2, 0.25) is 0 Å². The summed E-state index contributed by atoms with van der Waals surface area (Å²) in [5, 5.41) is 1.05. The topological polar surface area (TPSA) is 0 Å². The Morgan fingerprint density at radius 2 is 1.59 bits per heavy atom. The van der Waals surface area contributed by atoms with Crippen LogP contribution in [0.3, 0.4) is 0 Å². The fourth-order valence-electron chi connectivity index (χ4n) is 4.60. The Morgan fingerprint density at radius 3 is 2.31 bits per heavy atom. The van der Waals surface area contributed by atoms with Gasteiger partial charge in [0.05, 0.1) is 0 Å². The lowest BCUT2D eigenvalue weighted by molar-refractivity contribution is 0.387. The number of hydrogen-bond donors (Lipinski definition) is 0. The van der Waals surface area contributed by atoms with Gasteiger partial charge in [-0.05, 0) is 84.6 Å². The average Bonchev–Trinajstić information content (AvgIpc) is 2.75. The molecule has 0 heterocycles. The number of benzene rings is 3. The lowest BCUT2D eigenvalue weighted by Gasteiger charge is -2.29. The van der Waals surface area contributed by atoms with E-state index in [1.54, 1.807) is 18.2 Å². The van der Waals surface area contributed by atoms with Gasteiger partial charge in [0, 0.05) is 5.39 Å². The highest BCUT2D eigenvalue weighted by molar-refractivity contribution is 5.84.